The molecule has 0 saturated carbocycles. The molecule has 164 valence electrons. The predicted octanol–water partition coefficient (Wildman–Crippen LogP) is 3.29. The van der Waals surface area contributed by atoms with Gasteiger partial charge in [0.15, 0.2) is 11.5 Å². The summed E-state index contributed by atoms with van der Waals surface area (Å²) in [7, 11) is 1.62. The van der Waals surface area contributed by atoms with Crippen molar-refractivity contribution in [2.45, 2.75) is 25.0 Å². The van der Waals surface area contributed by atoms with E-state index in [4.69, 9.17) is 23.7 Å². The second kappa shape index (κ2) is 8.55. The molecule has 8 nitrogen and oxygen atoms in total. The third-order valence-electron chi connectivity index (χ3n) is 5.90. The highest BCUT2D eigenvalue weighted by molar-refractivity contribution is 5.89. The number of benzene rings is 2. The highest BCUT2D eigenvalue weighted by atomic mass is 16.7. The van der Waals surface area contributed by atoms with Crippen LogP contribution in [0.5, 0.6) is 23.0 Å². The summed E-state index contributed by atoms with van der Waals surface area (Å²) in [4.78, 5) is 16.4. The molecular weight excluding hydrogens is 400 g/mol. The summed E-state index contributed by atoms with van der Waals surface area (Å²) in [6, 6.07) is 13.1. The molecule has 0 N–H and O–H groups in total. The molecule has 3 heterocycles. The largest absolute Gasteiger partial charge is 0.497 e. The van der Waals surface area contributed by atoms with Crippen LogP contribution in [0.25, 0.3) is 0 Å². The van der Waals surface area contributed by atoms with Crippen LogP contribution in [0.3, 0.4) is 0 Å². The van der Waals surface area contributed by atoms with Gasteiger partial charge in [0, 0.05) is 31.4 Å². The first-order chi connectivity index (χ1) is 15.2. The SMILES string of the molecule is COc1ccc(N2CC(CN3CCC(Oc4ccc5c(c4)OCO5)CC3)OC2=O)cc1. The van der Waals surface area contributed by atoms with Gasteiger partial charge in [0.1, 0.15) is 23.7 Å². The van der Waals surface area contributed by atoms with Gasteiger partial charge < -0.3 is 23.7 Å². The van der Waals surface area contributed by atoms with Gasteiger partial charge in [-0.1, -0.05) is 0 Å². The number of methoxy groups -OCH3 is 1. The smallest absolute Gasteiger partial charge is 0.414 e. The van der Waals surface area contributed by atoms with Crippen LogP contribution in [-0.4, -0.2) is 63.3 Å². The van der Waals surface area contributed by atoms with E-state index in [9.17, 15) is 4.79 Å². The summed E-state index contributed by atoms with van der Waals surface area (Å²) >= 11 is 0. The van der Waals surface area contributed by atoms with Crippen molar-refractivity contribution < 1.29 is 28.5 Å². The maximum atomic E-state index is 12.3. The lowest BCUT2D eigenvalue weighted by atomic mass is 10.1. The van der Waals surface area contributed by atoms with E-state index < -0.39 is 0 Å². The highest BCUT2D eigenvalue weighted by Crippen LogP contribution is 2.36. The van der Waals surface area contributed by atoms with Gasteiger partial charge in [-0.25, -0.2) is 4.79 Å². The molecule has 3 aliphatic rings. The Kier molecular flexibility index (Phi) is 5.46. The van der Waals surface area contributed by atoms with Crippen LogP contribution in [0.1, 0.15) is 12.8 Å². The first kappa shape index (κ1) is 19.8. The van der Waals surface area contributed by atoms with Crippen molar-refractivity contribution in [1.82, 2.24) is 4.90 Å². The lowest BCUT2D eigenvalue weighted by Gasteiger charge is -2.33. The number of piperidine rings is 1. The minimum absolute atomic E-state index is 0.138. The van der Waals surface area contributed by atoms with E-state index in [2.05, 4.69) is 4.90 Å². The zero-order valence-corrected chi connectivity index (χ0v) is 17.5. The molecule has 1 unspecified atom stereocenters. The van der Waals surface area contributed by atoms with Crippen LogP contribution in [0.15, 0.2) is 42.5 Å². The summed E-state index contributed by atoms with van der Waals surface area (Å²) in [5.41, 5.74) is 0.823. The number of nitrogens with zero attached hydrogens (tertiary/aromatic N) is 2. The van der Waals surface area contributed by atoms with Crippen LogP contribution < -0.4 is 23.8 Å². The summed E-state index contributed by atoms with van der Waals surface area (Å²) < 4.78 is 27.7. The van der Waals surface area contributed by atoms with Crippen molar-refractivity contribution >= 4 is 11.8 Å². The van der Waals surface area contributed by atoms with Crippen LogP contribution in [-0.2, 0) is 4.74 Å². The first-order valence-electron chi connectivity index (χ1n) is 10.6. The molecule has 2 aromatic carbocycles. The van der Waals surface area contributed by atoms with Crippen LogP contribution in [0.2, 0.25) is 0 Å². The Morgan fingerprint density at radius 1 is 1.00 bits per heavy atom. The molecule has 1 amide bonds. The predicted molar refractivity (Wildman–Crippen MR) is 113 cm³/mol. The fourth-order valence-corrected chi connectivity index (χ4v) is 4.23. The van der Waals surface area contributed by atoms with E-state index in [1.165, 1.54) is 0 Å². The standard InChI is InChI=1S/C23H26N2O6/c1-27-17-4-2-16(3-5-17)25-14-20(31-23(25)26)13-24-10-8-18(9-11-24)30-19-6-7-21-22(12-19)29-15-28-21/h2-7,12,18,20H,8-11,13-15H2,1H3. The molecule has 3 aliphatic heterocycles. The van der Waals surface area contributed by atoms with Crippen molar-refractivity contribution in [2.24, 2.45) is 0 Å². The Labute approximate surface area is 181 Å². The maximum Gasteiger partial charge on any atom is 0.414 e. The monoisotopic (exact) mass is 426 g/mol. The molecule has 8 heteroatoms. The maximum absolute atomic E-state index is 12.3. The van der Waals surface area contributed by atoms with E-state index in [1.54, 1.807) is 12.0 Å². The van der Waals surface area contributed by atoms with Crippen LogP contribution >= 0.6 is 0 Å². The number of likely N-dealkylation sites (tertiary alicyclic amines) is 1. The molecule has 5 rings (SSSR count). The zero-order valence-electron chi connectivity index (χ0n) is 17.5. The zero-order chi connectivity index (χ0) is 21.2. The number of hydrogen-bond donors (Lipinski definition) is 0. The number of fused-ring (bicyclic) bond motifs is 1. The number of hydrogen-bond acceptors (Lipinski definition) is 7. The molecule has 2 fully saturated rings. The summed E-state index contributed by atoms with van der Waals surface area (Å²) in [5.74, 6) is 3.07. The van der Waals surface area contributed by atoms with Crippen molar-refractivity contribution in [3.63, 3.8) is 0 Å². The number of anilines is 1. The van der Waals surface area contributed by atoms with E-state index in [0.717, 1.165) is 61.2 Å². The van der Waals surface area contributed by atoms with Crippen molar-refractivity contribution in [3.8, 4) is 23.0 Å². The Morgan fingerprint density at radius 3 is 2.52 bits per heavy atom. The first-order valence-corrected chi connectivity index (χ1v) is 10.6. The van der Waals surface area contributed by atoms with Gasteiger partial charge in [-0.2, -0.15) is 0 Å². The average molecular weight is 426 g/mol. The molecule has 0 radical (unpaired) electrons. The fraction of sp³-hybridized carbons (Fsp3) is 0.435. The molecule has 0 aliphatic carbocycles. The Hall–Kier alpha value is -3.13. The Balaban J connectivity index is 1.10. The Morgan fingerprint density at radius 2 is 1.74 bits per heavy atom. The van der Waals surface area contributed by atoms with E-state index in [-0.39, 0.29) is 25.1 Å². The Bertz CT molecular complexity index is 926. The quantitative estimate of drug-likeness (QED) is 0.702. The average Bonchev–Trinajstić information content (AvgIpc) is 3.41. The normalized spacial score (nSPS) is 21.3. The summed E-state index contributed by atoms with van der Waals surface area (Å²) in [6.07, 6.45) is 1.59. The van der Waals surface area contributed by atoms with Gasteiger partial charge in [-0.15, -0.1) is 0 Å². The second-order valence-electron chi connectivity index (χ2n) is 7.95. The summed E-state index contributed by atoms with van der Waals surface area (Å²) in [5, 5.41) is 0. The fourth-order valence-electron chi connectivity index (χ4n) is 4.23. The molecule has 1 atom stereocenters. The van der Waals surface area contributed by atoms with Gasteiger partial charge in [0.05, 0.1) is 13.7 Å². The summed E-state index contributed by atoms with van der Waals surface area (Å²) in [6.45, 7) is 3.37. The van der Waals surface area contributed by atoms with Gasteiger partial charge >= 0.3 is 6.09 Å². The number of rotatable bonds is 6. The molecule has 2 aromatic rings. The van der Waals surface area contributed by atoms with E-state index in [0.29, 0.717) is 6.54 Å². The number of amides is 1. The van der Waals surface area contributed by atoms with Gasteiger partial charge in [0.2, 0.25) is 6.79 Å². The lowest BCUT2D eigenvalue weighted by Crippen LogP contribution is -2.42. The van der Waals surface area contributed by atoms with Gasteiger partial charge in [-0.05, 0) is 49.2 Å². The molecule has 0 aromatic heterocycles. The molecule has 31 heavy (non-hydrogen) atoms. The van der Waals surface area contributed by atoms with Crippen LogP contribution in [0.4, 0.5) is 10.5 Å². The van der Waals surface area contributed by atoms with Crippen molar-refractivity contribution in [3.05, 3.63) is 42.5 Å². The highest BCUT2D eigenvalue weighted by Gasteiger charge is 2.34. The van der Waals surface area contributed by atoms with Gasteiger partial charge in [-0.3, -0.25) is 9.80 Å². The second-order valence-corrected chi connectivity index (χ2v) is 7.95. The number of ether oxygens (including phenoxy) is 5. The van der Waals surface area contributed by atoms with Crippen molar-refractivity contribution in [1.29, 1.82) is 0 Å². The van der Waals surface area contributed by atoms with E-state index in [1.807, 2.05) is 42.5 Å². The minimum Gasteiger partial charge on any atom is -0.497 e. The molecule has 2 saturated heterocycles. The third kappa shape index (κ3) is 4.34. The topological polar surface area (TPSA) is 69.7 Å². The number of cyclic esters (lactones) is 1. The van der Waals surface area contributed by atoms with Gasteiger partial charge in [0.25, 0.3) is 0 Å². The third-order valence-corrected chi connectivity index (χ3v) is 5.90. The number of carbonyl (C=O) groups is 1. The van der Waals surface area contributed by atoms with Crippen molar-refractivity contribution in [2.75, 3.05) is 45.0 Å². The minimum atomic E-state index is -0.295. The molecule has 0 spiro atoms. The number of carbonyl (C=O) groups excluding carboxylic acids is 1. The molecule has 0 bridgehead atoms. The van der Waals surface area contributed by atoms with E-state index >= 15 is 0 Å². The van der Waals surface area contributed by atoms with Crippen LogP contribution in [0, 0.1) is 0 Å². The lowest BCUT2D eigenvalue weighted by molar-refractivity contribution is 0.0654. The molecular formula is C23H26N2O6.